The van der Waals surface area contributed by atoms with Crippen LogP contribution < -0.4 is 5.32 Å². The molecular formula is C14H17F2N3. The number of halogens is 2. The van der Waals surface area contributed by atoms with Crippen LogP contribution in [0.25, 0.3) is 0 Å². The smallest absolute Gasteiger partial charge is 0.285 e. The molecule has 3 nitrogen and oxygen atoms in total. The first-order chi connectivity index (χ1) is 9.08. The lowest BCUT2D eigenvalue weighted by atomic mass is 10.1. The van der Waals surface area contributed by atoms with Crippen molar-refractivity contribution < 1.29 is 8.78 Å². The Morgan fingerprint density at radius 2 is 1.95 bits per heavy atom. The van der Waals surface area contributed by atoms with Crippen LogP contribution in [-0.2, 0) is 19.4 Å². The summed E-state index contributed by atoms with van der Waals surface area (Å²) in [7, 11) is 1.83. The maximum absolute atomic E-state index is 13.8. The van der Waals surface area contributed by atoms with E-state index in [2.05, 4.69) is 10.4 Å². The van der Waals surface area contributed by atoms with Gasteiger partial charge in [0.05, 0.1) is 12.2 Å². The van der Waals surface area contributed by atoms with Crippen LogP contribution in [0, 0.1) is 0 Å². The molecular weight excluding hydrogens is 248 g/mol. The molecule has 1 aromatic carbocycles. The minimum absolute atomic E-state index is 0.0420. The van der Waals surface area contributed by atoms with Crippen molar-refractivity contribution in [1.29, 1.82) is 0 Å². The fourth-order valence-electron chi connectivity index (χ4n) is 1.84. The van der Waals surface area contributed by atoms with Crippen LogP contribution in [0.1, 0.15) is 11.3 Å². The second-order valence-corrected chi connectivity index (χ2v) is 4.48. The fraction of sp³-hybridized carbons (Fsp3) is 0.357. The maximum atomic E-state index is 13.8. The first kappa shape index (κ1) is 13.7. The Labute approximate surface area is 111 Å². The van der Waals surface area contributed by atoms with Crippen molar-refractivity contribution >= 4 is 0 Å². The average Bonchev–Trinajstić information content (AvgIpc) is 2.82. The molecule has 0 bridgehead atoms. The van der Waals surface area contributed by atoms with E-state index in [1.807, 2.05) is 19.3 Å². The summed E-state index contributed by atoms with van der Waals surface area (Å²) in [5.41, 5.74) is 0.943. The molecule has 0 spiro atoms. The Morgan fingerprint density at radius 1 is 1.21 bits per heavy atom. The minimum atomic E-state index is -2.84. The number of hydrogen-bond donors (Lipinski definition) is 1. The van der Waals surface area contributed by atoms with Crippen molar-refractivity contribution in [3.05, 3.63) is 53.9 Å². The van der Waals surface area contributed by atoms with E-state index in [9.17, 15) is 8.78 Å². The molecule has 0 saturated carbocycles. The number of alkyl halides is 2. The van der Waals surface area contributed by atoms with Gasteiger partial charge in [-0.15, -0.1) is 0 Å². The molecule has 0 unspecified atom stereocenters. The lowest BCUT2D eigenvalue weighted by Crippen LogP contribution is -2.32. The molecule has 0 aliphatic rings. The fourth-order valence-corrected chi connectivity index (χ4v) is 1.84. The normalized spacial score (nSPS) is 11.7. The van der Waals surface area contributed by atoms with Gasteiger partial charge in [-0.3, -0.25) is 4.68 Å². The van der Waals surface area contributed by atoms with Crippen LogP contribution >= 0.6 is 0 Å². The predicted octanol–water partition coefficient (Wildman–Crippen LogP) is 2.34. The van der Waals surface area contributed by atoms with Crippen molar-refractivity contribution in [3.63, 3.8) is 0 Å². The molecule has 0 radical (unpaired) electrons. The van der Waals surface area contributed by atoms with E-state index in [-0.39, 0.29) is 12.1 Å². The second kappa shape index (κ2) is 5.93. The number of hydrogen-bond acceptors (Lipinski definition) is 2. The largest absolute Gasteiger partial charge is 0.310 e. The van der Waals surface area contributed by atoms with Crippen LogP contribution in [0.15, 0.2) is 42.6 Å². The average molecular weight is 265 g/mol. The standard InChI is InChI=1S/C14H17F2N3/c1-19-10-8-13(18-19)7-9-17-11-14(15,16)12-5-3-2-4-6-12/h2-6,8,10,17H,7,9,11H2,1H3. The first-order valence-corrected chi connectivity index (χ1v) is 6.20. The number of nitrogens with zero attached hydrogens (tertiary/aromatic N) is 2. The number of aromatic nitrogens is 2. The van der Waals surface area contributed by atoms with Gasteiger partial charge in [-0.25, -0.2) is 0 Å². The van der Waals surface area contributed by atoms with Gasteiger partial charge in [0, 0.05) is 31.8 Å². The maximum Gasteiger partial charge on any atom is 0.285 e. The van der Waals surface area contributed by atoms with Crippen LogP contribution in [0.3, 0.4) is 0 Å². The van der Waals surface area contributed by atoms with E-state index >= 15 is 0 Å². The third-order valence-electron chi connectivity index (χ3n) is 2.87. The van der Waals surface area contributed by atoms with Crippen LogP contribution in [0.4, 0.5) is 8.78 Å². The molecule has 0 saturated heterocycles. The lowest BCUT2D eigenvalue weighted by Gasteiger charge is -2.17. The predicted molar refractivity (Wildman–Crippen MR) is 70.1 cm³/mol. The van der Waals surface area contributed by atoms with Gasteiger partial charge in [0.2, 0.25) is 0 Å². The molecule has 5 heteroatoms. The topological polar surface area (TPSA) is 29.9 Å². The summed E-state index contributed by atoms with van der Waals surface area (Å²) in [4.78, 5) is 0. The Kier molecular flexibility index (Phi) is 4.27. The van der Waals surface area contributed by atoms with Gasteiger partial charge in [0.15, 0.2) is 0 Å². The monoisotopic (exact) mass is 265 g/mol. The van der Waals surface area contributed by atoms with Crippen molar-refractivity contribution in [2.24, 2.45) is 7.05 Å². The van der Waals surface area contributed by atoms with Gasteiger partial charge in [0.1, 0.15) is 0 Å². The number of rotatable bonds is 6. The third kappa shape index (κ3) is 3.86. The van der Waals surface area contributed by atoms with E-state index in [1.165, 1.54) is 12.1 Å². The Morgan fingerprint density at radius 3 is 2.58 bits per heavy atom. The molecule has 2 aromatic rings. The highest BCUT2D eigenvalue weighted by atomic mass is 19.3. The summed E-state index contributed by atoms with van der Waals surface area (Å²) in [6.07, 6.45) is 2.49. The van der Waals surface area contributed by atoms with Crippen molar-refractivity contribution in [1.82, 2.24) is 15.1 Å². The number of benzene rings is 1. The molecule has 1 heterocycles. The van der Waals surface area contributed by atoms with Gasteiger partial charge >= 0.3 is 0 Å². The molecule has 19 heavy (non-hydrogen) atoms. The lowest BCUT2D eigenvalue weighted by molar-refractivity contribution is -0.00287. The molecule has 0 amide bonds. The Balaban J connectivity index is 1.79. The van der Waals surface area contributed by atoms with Gasteiger partial charge in [0.25, 0.3) is 5.92 Å². The Bertz CT molecular complexity index is 508. The SMILES string of the molecule is Cn1ccc(CCNCC(F)(F)c2ccccc2)n1. The van der Waals surface area contributed by atoms with Crippen molar-refractivity contribution in [2.45, 2.75) is 12.3 Å². The quantitative estimate of drug-likeness (QED) is 0.812. The molecule has 2 rings (SSSR count). The molecule has 0 fully saturated rings. The van der Waals surface area contributed by atoms with E-state index in [0.29, 0.717) is 13.0 Å². The molecule has 0 aliphatic heterocycles. The molecule has 0 atom stereocenters. The highest BCUT2D eigenvalue weighted by molar-refractivity contribution is 5.20. The van der Waals surface area contributed by atoms with Gasteiger partial charge in [-0.1, -0.05) is 30.3 Å². The van der Waals surface area contributed by atoms with E-state index in [1.54, 1.807) is 22.9 Å². The molecule has 0 aliphatic carbocycles. The van der Waals surface area contributed by atoms with Gasteiger partial charge in [-0.05, 0) is 6.07 Å². The van der Waals surface area contributed by atoms with Gasteiger partial charge in [-0.2, -0.15) is 13.9 Å². The summed E-state index contributed by atoms with van der Waals surface area (Å²) in [5, 5.41) is 6.97. The number of aryl methyl sites for hydroxylation is 1. The first-order valence-electron chi connectivity index (χ1n) is 6.20. The molecule has 102 valence electrons. The van der Waals surface area contributed by atoms with Crippen LogP contribution in [0.2, 0.25) is 0 Å². The summed E-state index contributed by atoms with van der Waals surface area (Å²) in [5.74, 6) is -2.84. The summed E-state index contributed by atoms with van der Waals surface area (Å²) in [6, 6.07) is 9.75. The van der Waals surface area contributed by atoms with Crippen molar-refractivity contribution in [3.8, 4) is 0 Å². The molecule has 1 aromatic heterocycles. The Hall–Kier alpha value is -1.75. The van der Waals surface area contributed by atoms with E-state index < -0.39 is 5.92 Å². The summed E-state index contributed by atoms with van der Waals surface area (Å²) in [6.45, 7) is 0.128. The zero-order chi connectivity index (χ0) is 13.7. The van der Waals surface area contributed by atoms with Gasteiger partial charge < -0.3 is 5.32 Å². The van der Waals surface area contributed by atoms with Crippen LogP contribution in [-0.4, -0.2) is 22.9 Å². The van der Waals surface area contributed by atoms with E-state index in [4.69, 9.17) is 0 Å². The van der Waals surface area contributed by atoms with Crippen LogP contribution in [0.5, 0.6) is 0 Å². The summed E-state index contributed by atoms with van der Waals surface area (Å²) < 4.78 is 29.3. The highest BCUT2D eigenvalue weighted by Crippen LogP contribution is 2.26. The van der Waals surface area contributed by atoms with Crippen molar-refractivity contribution in [2.75, 3.05) is 13.1 Å². The number of nitrogens with one attached hydrogen (secondary N) is 1. The highest BCUT2D eigenvalue weighted by Gasteiger charge is 2.30. The minimum Gasteiger partial charge on any atom is -0.310 e. The molecule has 1 N–H and O–H groups in total. The second-order valence-electron chi connectivity index (χ2n) is 4.48. The van der Waals surface area contributed by atoms with E-state index in [0.717, 1.165) is 5.69 Å². The summed E-state index contributed by atoms with van der Waals surface area (Å²) >= 11 is 0. The zero-order valence-corrected chi connectivity index (χ0v) is 10.8. The third-order valence-corrected chi connectivity index (χ3v) is 2.87. The zero-order valence-electron chi connectivity index (χ0n) is 10.8.